The van der Waals surface area contributed by atoms with E-state index >= 15 is 0 Å². The molecule has 126 valence electrons. The molecule has 0 saturated carbocycles. The number of nitrogens with zero attached hydrogens (tertiary/aromatic N) is 4. The third-order valence-electron chi connectivity index (χ3n) is 4.49. The van der Waals surface area contributed by atoms with E-state index in [1.807, 2.05) is 29.2 Å². The van der Waals surface area contributed by atoms with Crippen molar-refractivity contribution < 1.29 is 9.53 Å². The number of carbonyl (C=O) groups is 1. The van der Waals surface area contributed by atoms with Gasteiger partial charge in [-0.1, -0.05) is 23.7 Å². The monoisotopic (exact) mass is 346 g/mol. The predicted octanol–water partition coefficient (Wildman–Crippen LogP) is 2.28. The topological polar surface area (TPSA) is 50.6 Å². The van der Waals surface area contributed by atoms with Crippen LogP contribution >= 0.6 is 11.6 Å². The molecule has 0 bridgehead atoms. The minimum atomic E-state index is -0.0284. The molecule has 7 heteroatoms. The number of aryl methyl sites for hydroxylation is 1. The van der Waals surface area contributed by atoms with Crippen LogP contribution in [0.2, 0.25) is 5.02 Å². The number of benzene rings is 1. The normalized spacial score (nSPS) is 17.4. The molecule has 6 nitrogen and oxygen atoms in total. The maximum atomic E-state index is 12.7. The molecule has 1 aromatic carbocycles. The van der Waals surface area contributed by atoms with Crippen LogP contribution in [0.25, 0.3) is 0 Å². The van der Waals surface area contributed by atoms with Crippen LogP contribution in [0.15, 0.2) is 30.3 Å². The average Bonchev–Trinajstić information content (AvgIpc) is 3.06. The van der Waals surface area contributed by atoms with Crippen molar-refractivity contribution in [2.45, 2.75) is 13.0 Å². The Morgan fingerprint density at radius 1 is 1.12 bits per heavy atom. The first kappa shape index (κ1) is 15.3. The molecule has 4 rings (SSSR count). The first-order valence-corrected chi connectivity index (χ1v) is 8.59. The number of para-hydroxylation sites is 1. The SMILES string of the molecule is O=C(c1cc2n(n1)CCCO2)N1CCN(c2ccccc2Cl)CC1. The lowest BCUT2D eigenvalue weighted by Gasteiger charge is -2.36. The first-order chi connectivity index (χ1) is 11.7. The zero-order valence-electron chi connectivity index (χ0n) is 13.3. The van der Waals surface area contributed by atoms with E-state index in [4.69, 9.17) is 16.3 Å². The zero-order valence-corrected chi connectivity index (χ0v) is 14.1. The molecule has 0 N–H and O–H groups in total. The smallest absolute Gasteiger partial charge is 0.274 e. The molecule has 0 aliphatic carbocycles. The summed E-state index contributed by atoms with van der Waals surface area (Å²) in [4.78, 5) is 16.7. The van der Waals surface area contributed by atoms with Crippen molar-refractivity contribution in [2.24, 2.45) is 0 Å². The Morgan fingerprint density at radius 2 is 1.92 bits per heavy atom. The summed E-state index contributed by atoms with van der Waals surface area (Å²) >= 11 is 6.26. The van der Waals surface area contributed by atoms with Crippen molar-refractivity contribution in [1.82, 2.24) is 14.7 Å². The minimum Gasteiger partial charge on any atom is -0.478 e. The van der Waals surface area contributed by atoms with Crippen LogP contribution in [-0.2, 0) is 6.54 Å². The standard InChI is InChI=1S/C17H19ClN4O2/c18-13-4-1-2-5-15(13)20-7-9-21(10-8-20)17(23)14-12-16-22(19-14)6-3-11-24-16/h1-2,4-5,12H,3,6-11H2. The molecule has 0 radical (unpaired) electrons. The minimum absolute atomic E-state index is 0.0284. The van der Waals surface area contributed by atoms with E-state index < -0.39 is 0 Å². The Bertz CT molecular complexity index is 729. The third kappa shape index (κ3) is 2.82. The number of fused-ring (bicyclic) bond motifs is 1. The fourth-order valence-electron chi connectivity index (χ4n) is 3.19. The van der Waals surface area contributed by atoms with E-state index in [0.717, 1.165) is 36.8 Å². The van der Waals surface area contributed by atoms with Gasteiger partial charge in [-0.3, -0.25) is 4.79 Å². The van der Waals surface area contributed by atoms with Gasteiger partial charge in [0, 0.05) is 45.2 Å². The van der Waals surface area contributed by atoms with Crippen LogP contribution in [0.3, 0.4) is 0 Å². The summed E-state index contributed by atoms with van der Waals surface area (Å²) in [6.45, 7) is 4.35. The van der Waals surface area contributed by atoms with E-state index in [9.17, 15) is 4.79 Å². The van der Waals surface area contributed by atoms with Gasteiger partial charge in [0.15, 0.2) is 5.69 Å². The van der Waals surface area contributed by atoms with E-state index in [-0.39, 0.29) is 5.91 Å². The summed E-state index contributed by atoms with van der Waals surface area (Å²) < 4.78 is 7.31. The summed E-state index contributed by atoms with van der Waals surface area (Å²) in [6, 6.07) is 9.56. The lowest BCUT2D eigenvalue weighted by atomic mass is 10.2. The van der Waals surface area contributed by atoms with Crippen molar-refractivity contribution in [3.63, 3.8) is 0 Å². The molecule has 1 fully saturated rings. The van der Waals surface area contributed by atoms with Crippen LogP contribution < -0.4 is 9.64 Å². The van der Waals surface area contributed by atoms with E-state index in [0.29, 0.717) is 31.3 Å². The van der Waals surface area contributed by atoms with Gasteiger partial charge in [0.05, 0.1) is 17.3 Å². The van der Waals surface area contributed by atoms with Crippen LogP contribution in [0.5, 0.6) is 5.88 Å². The highest BCUT2D eigenvalue weighted by atomic mass is 35.5. The van der Waals surface area contributed by atoms with Gasteiger partial charge < -0.3 is 14.5 Å². The number of hydrogen-bond acceptors (Lipinski definition) is 4. The molecule has 3 heterocycles. The third-order valence-corrected chi connectivity index (χ3v) is 4.81. The number of piperazine rings is 1. The molecule has 24 heavy (non-hydrogen) atoms. The summed E-state index contributed by atoms with van der Waals surface area (Å²) in [5, 5.41) is 5.13. The van der Waals surface area contributed by atoms with Gasteiger partial charge in [0.1, 0.15) is 0 Å². The number of aromatic nitrogens is 2. The number of ether oxygens (including phenoxy) is 1. The molecule has 1 saturated heterocycles. The lowest BCUT2D eigenvalue weighted by Crippen LogP contribution is -2.49. The number of anilines is 1. The highest BCUT2D eigenvalue weighted by molar-refractivity contribution is 6.33. The molecule has 1 amide bonds. The van der Waals surface area contributed by atoms with Gasteiger partial charge in [0.25, 0.3) is 5.91 Å². The number of halogens is 1. The average molecular weight is 347 g/mol. The molecule has 2 aliphatic heterocycles. The fourth-order valence-corrected chi connectivity index (χ4v) is 3.45. The van der Waals surface area contributed by atoms with Gasteiger partial charge in [-0.2, -0.15) is 5.10 Å². The maximum Gasteiger partial charge on any atom is 0.274 e. The highest BCUT2D eigenvalue weighted by Gasteiger charge is 2.26. The molecular formula is C17H19ClN4O2. The number of rotatable bonds is 2. The Kier molecular flexibility index (Phi) is 4.06. The Hall–Kier alpha value is -2.21. The number of amides is 1. The summed E-state index contributed by atoms with van der Waals surface area (Å²) in [5.41, 5.74) is 1.50. The zero-order chi connectivity index (χ0) is 16.5. The summed E-state index contributed by atoms with van der Waals surface area (Å²) in [5.74, 6) is 0.665. The van der Waals surface area contributed by atoms with Crippen LogP contribution in [0.1, 0.15) is 16.9 Å². The molecule has 0 spiro atoms. The molecule has 1 aromatic heterocycles. The molecular weight excluding hydrogens is 328 g/mol. The van der Waals surface area contributed by atoms with Gasteiger partial charge in [-0.05, 0) is 12.1 Å². The quantitative estimate of drug-likeness (QED) is 0.837. The molecule has 0 atom stereocenters. The molecule has 0 unspecified atom stereocenters. The van der Waals surface area contributed by atoms with Gasteiger partial charge in [-0.25, -0.2) is 4.68 Å². The van der Waals surface area contributed by atoms with Crippen molar-refractivity contribution in [1.29, 1.82) is 0 Å². The van der Waals surface area contributed by atoms with Crippen molar-refractivity contribution in [2.75, 3.05) is 37.7 Å². The van der Waals surface area contributed by atoms with Crippen molar-refractivity contribution in [3.8, 4) is 5.88 Å². The van der Waals surface area contributed by atoms with Crippen molar-refractivity contribution >= 4 is 23.2 Å². The largest absolute Gasteiger partial charge is 0.478 e. The second-order valence-corrected chi connectivity index (χ2v) is 6.43. The number of carbonyl (C=O) groups excluding carboxylic acids is 1. The van der Waals surface area contributed by atoms with E-state index in [2.05, 4.69) is 10.00 Å². The highest BCUT2D eigenvalue weighted by Crippen LogP contribution is 2.26. The summed E-state index contributed by atoms with van der Waals surface area (Å²) in [7, 11) is 0. The second-order valence-electron chi connectivity index (χ2n) is 6.02. The van der Waals surface area contributed by atoms with Gasteiger partial charge in [-0.15, -0.1) is 0 Å². The maximum absolute atomic E-state index is 12.7. The Balaban J connectivity index is 1.43. The Morgan fingerprint density at radius 3 is 2.67 bits per heavy atom. The van der Waals surface area contributed by atoms with Crippen molar-refractivity contribution in [3.05, 3.63) is 41.0 Å². The number of hydrogen-bond donors (Lipinski definition) is 0. The second kappa shape index (κ2) is 6.36. The van der Waals surface area contributed by atoms with Gasteiger partial charge >= 0.3 is 0 Å². The van der Waals surface area contributed by atoms with Crippen LogP contribution in [-0.4, -0.2) is 53.4 Å². The fraction of sp³-hybridized carbons (Fsp3) is 0.412. The lowest BCUT2D eigenvalue weighted by molar-refractivity contribution is 0.0740. The predicted molar refractivity (Wildman–Crippen MR) is 91.9 cm³/mol. The van der Waals surface area contributed by atoms with E-state index in [1.54, 1.807) is 10.7 Å². The Labute approximate surface area is 145 Å². The molecule has 2 aliphatic rings. The summed E-state index contributed by atoms with van der Waals surface area (Å²) in [6.07, 6.45) is 0.929. The van der Waals surface area contributed by atoms with Gasteiger partial charge in [0.2, 0.25) is 5.88 Å². The first-order valence-electron chi connectivity index (χ1n) is 8.22. The molecule has 2 aromatic rings. The van der Waals surface area contributed by atoms with Crippen LogP contribution in [0, 0.1) is 0 Å². The van der Waals surface area contributed by atoms with E-state index in [1.165, 1.54) is 0 Å². The van der Waals surface area contributed by atoms with Crippen LogP contribution in [0.4, 0.5) is 5.69 Å².